The molecule has 1 saturated heterocycles. The molecule has 3 aromatic rings. The number of carbonyl (C=O) groups excluding carboxylic acids is 1. The monoisotopic (exact) mass is 419 g/mol. The summed E-state index contributed by atoms with van der Waals surface area (Å²) < 4.78 is 15.3. The highest BCUT2D eigenvalue weighted by Gasteiger charge is 2.35. The van der Waals surface area contributed by atoms with Gasteiger partial charge < -0.3 is 9.47 Å². The maximum Gasteiger partial charge on any atom is 0.233 e. The number of piperazine rings is 1. The summed E-state index contributed by atoms with van der Waals surface area (Å²) in [5.74, 6) is 1.07. The molecule has 0 bridgehead atoms. The number of benzene rings is 2. The summed E-state index contributed by atoms with van der Waals surface area (Å²) in [6.07, 6.45) is 1.70. The van der Waals surface area contributed by atoms with Gasteiger partial charge in [-0.2, -0.15) is 0 Å². The van der Waals surface area contributed by atoms with Crippen LogP contribution in [0.2, 0.25) is 0 Å². The van der Waals surface area contributed by atoms with Crippen molar-refractivity contribution < 1.29 is 9.18 Å². The van der Waals surface area contributed by atoms with Crippen LogP contribution in [0.25, 0.3) is 11.4 Å². The lowest BCUT2D eigenvalue weighted by atomic mass is 9.96. The minimum absolute atomic E-state index is 0.151. The molecule has 1 atom stereocenters. The van der Waals surface area contributed by atoms with Crippen molar-refractivity contribution in [1.29, 1.82) is 0 Å². The third-order valence-electron chi connectivity index (χ3n) is 6.30. The molecule has 6 nitrogen and oxygen atoms in total. The van der Waals surface area contributed by atoms with E-state index in [1.807, 2.05) is 15.5 Å². The molecule has 2 aliphatic heterocycles. The zero-order valence-electron chi connectivity index (χ0n) is 17.5. The number of hydrogen-bond donors (Lipinski definition) is 0. The Kier molecular flexibility index (Phi) is 5.51. The molecule has 5 rings (SSSR count). The molecule has 0 N–H and O–H groups in total. The van der Waals surface area contributed by atoms with Crippen molar-refractivity contribution in [2.75, 3.05) is 26.2 Å². The van der Waals surface area contributed by atoms with Gasteiger partial charge in [0, 0.05) is 44.8 Å². The fraction of sp³-hybridized carbons (Fsp3) is 0.375. The molecule has 0 spiro atoms. The molecule has 1 aromatic heterocycles. The molecule has 0 aliphatic carbocycles. The first-order valence-electron chi connectivity index (χ1n) is 10.9. The summed E-state index contributed by atoms with van der Waals surface area (Å²) in [7, 11) is 0. The van der Waals surface area contributed by atoms with Crippen molar-refractivity contribution in [2.24, 2.45) is 0 Å². The van der Waals surface area contributed by atoms with Crippen LogP contribution >= 0.6 is 0 Å². The Morgan fingerprint density at radius 2 is 1.68 bits per heavy atom. The number of fused-ring (bicyclic) bond motifs is 1. The Morgan fingerprint density at radius 3 is 2.42 bits per heavy atom. The van der Waals surface area contributed by atoms with Crippen molar-refractivity contribution >= 4 is 5.91 Å². The van der Waals surface area contributed by atoms with Crippen LogP contribution in [0.1, 0.15) is 30.1 Å². The van der Waals surface area contributed by atoms with Gasteiger partial charge in [-0.3, -0.25) is 9.69 Å². The van der Waals surface area contributed by atoms with E-state index >= 15 is 0 Å². The van der Waals surface area contributed by atoms with Crippen LogP contribution in [0.4, 0.5) is 4.39 Å². The van der Waals surface area contributed by atoms with Crippen LogP contribution < -0.4 is 0 Å². The first kappa shape index (κ1) is 19.9. The van der Waals surface area contributed by atoms with E-state index < -0.39 is 0 Å². The van der Waals surface area contributed by atoms with Crippen LogP contribution in [-0.4, -0.2) is 56.7 Å². The summed E-state index contributed by atoms with van der Waals surface area (Å²) in [6.45, 7) is 4.93. The quantitative estimate of drug-likeness (QED) is 0.651. The number of hydrogen-bond acceptors (Lipinski definition) is 4. The van der Waals surface area contributed by atoms with Gasteiger partial charge >= 0.3 is 0 Å². The molecular weight excluding hydrogens is 393 g/mol. The zero-order valence-corrected chi connectivity index (χ0v) is 17.5. The van der Waals surface area contributed by atoms with Crippen LogP contribution in [0.15, 0.2) is 54.6 Å². The highest BCUT2D eigenvalue weighted by molar-refractivity contribution is 5.83. The predicted octanol–water partition coefficient (Wildman–Crippen LogP) is 3.31. The summed E-state index contributed by atoms with van der Waals surface area (Å²) >= 11 is 0. The normalized spacial score (nSPS) is 19.3. The Bertz CT molecular complexity index is 1040. The lowest BCUT2D eigenvalue weighted by Crippen LogP contribution is -2.50. The Labute approximate surface area is 181 Å². The van der Waals surface area contributed by atoms with Crippen LogP contribution in [0.3, 0.4) is 0 Å². The second-order valence-corrected chi connectivity index (χ2v) is 8.32. The Morgan fingerprint density at radius 1 is 0.935 bits per heavy atom. The predicted molar refractivity (Wildman–Crippen MR) is 116 cm³/mol. The van der Waals surface area contributed by atoms with Gasteiger partial charge in [0.2, 0.25) is 5.91 Å². The molecule has 1 unspecified atom stereocenters. The Hall–Kier alpha value is -3.06. The third kappa shape index (κ3) is 4.10. The molecule has 2 aliphatic rings. The van der Waals surface area contributed by atoms with E-state index in [9.17, 15) is 9.18 Å². The largest absolute Gasteiger partial charge is 0.339 e. The minimum Gasteiger partial charge on any atom is -0.339 e. The lowest BCUT2D eigenvalue weighted by Gasteiger charge is -2.37. The van der Waals surface area contributed by atoms with E-state index in [1.165, 1.54) is 17.7 Å². The van der Waals surface area contributed by atoms with Crippen LogP contribution in [0.5, 0.6) is 0 Å². The van der Waals surface area contributed by atoms with E-state index in [0.29, 0.717) is 5.82 Å². The SMILES string of the molecule is O=C(C1CCCn2c(-c3ccc(F)cc3)nnc21)N1CCN(Cc2ccccc2)CC1. The maximum atomic E-state index is 13.3. The van der Waals surface area contributed by atoms with Gasteiger partial charge in [-0.25, -0.2) is 4.39 Å². The van der Waals surface area contributed by atoms with E-state index in [-0.39, 0.29) is 17.6 Å². The maximum absolute atomic E-state index is 13.3. The Balaban J connectivity index is 1.27. The molecule has 31 heavy (non-hydrogen) atoms. The highest BCUT2D eigenvalue weighted by Crippen LogP contribution is 2.32. The average molecular weight is 420 g/mol. The molecule has 1 amide bonds. The van der Waals surface area contributed by atoms with E-state index in [2.05, 4.69) is 39.4 Å². The lowest BCUT2D eigenvalue weighted by molar-refractivity contribution is -0.135. The summed E-state index contributed by atoms with van der Waals surface area (Å²) in [5, 5.41) is 8.73. The standard InChI is InChI=1S/C24H26FN5O/c25-20-10-8-19(9-11-20)22-26-27-23-21(7-4-12-30(22)23)24(31)29-15-13-28(14-16-29)17-18-5-2-1-3-6-18/h1-3,5-6,8-11,21H,4,7,12-17H2. The third-order valence-corrected chi connectivity index (χ3v) is 6.30. The fourth-order valence-electron chi connectivity index (χ4n) is 4.61. The second-order valence-electron chi connectivity index (χ2n) is 8.32. The topological polar surface area (TPSA) is 54.3 Å². The first-order valence-corrected chi connectivity index (χ1v) is 10.9. The van der Waals surface area contributed by atoms with E-state index in [0.717, 1.165) is 63.5 Å². The molecule has 7 heteroatoms. The fourth-order valence-corrected chi connectivity index (χ4v) is 4.61. The molecule has 2 aromatic carbocycles. The van der Waals surface area contributed by atoms with Crippen molar-refractivity contribution in [1.82, 2.24) is 24.6 Å². The van der Waals surface area contributed by atoms with E-state index in [4.69, 9.17) is 0 Å². The van der Waals surface area contributed by atoms with Crippen molar-refractivity contribution in [3.8, 4) is 11.4 Å². The molecule has 0 saturated carbocycles. The average Bonchev–Trinajstić information content (AvgIpc) is 3.25. The van der Waals surface area contributed by atoms with Gasteiger partial charge in [0.1, 0.15) is 11.6 Å². The van der Waals surface area contributed by atoms with Gasteiger partial charge in [-0.05, 0) is 42.7 Å². The van der Waals surface area contributed by atoms with Crippen molar-refractivity contribution in [3.05, 3.63) is 71.8 Å². The highest BCUT2D eigenvalue weighted by atomic mass is 19.1. The molecule has 160 valence electrons. The van der Waals surface area contributed by atoms with Gasteiger partial charge in [0.15, 0.2) is 5.82 Å². The summed E-state index contributed by atoms with van der Waals surface area (Å²) in [5.41, 5.74) is 2.12. The van der Waals surface area contributed by atoms with Gasteiger partial charge in [0.25, 0.3) is 0 Å². The molecule has 3 heterocycles. The number of nitrogens with zero attached hydrogens (tertiary/aromatic N) is 5. The second kappa shape index (κ2) is 8.59. The van der Waals surface area contributed by atoms with Crippen molar-refractivity contribution in [2.45, 2.75) is 31.8 Å². The first-order chi connectivity index (χ1) is 15.2. The summed E-state index contributed by atoms with van der Waals surface area (Å²) in [6, 6.07) is 16.7. The van der Waals surface area contributed by atoms with Crippen LogP contribution in [-0.2, 0) is 17.9 Å². The van der Waals surface area contributed by atoms with Gasteiger partial charge in [-0.1, -0.05) is 30.3 Å². The number of halogens is 1. The molecule has 1 fully saturated rings. The van der Waals surface area contributed by atoms with Gasteiger partial charge in [-0.15, -0.1) is 10.2 Å². The number of aromatic nitrogens is 3. The molecular formula is C24H26FN5O. The van der Waals surface area contributed by atoms with Crippen LogP contribution in [0, 0.1) is 5.82 Å². The number of rotatable bonds is 4. The minimum atomic E-state index is -0.276. The summed E-state index contributed by atoms with van der Waals surface area (Å²) in [4.78, 5) is 17.7. The van der Waals surface area contributed by atoms with Gasteiger partial charge in [0.05, 0.1) is 5.92 Å². The number of carbonyl (C=O) groups is 1. The zero-order chi connectivity index (χ0) is 21.2. The van der Waals surface area contributed by atoms with Crippen molar-refractivity contribution in [3.63, 3.8) is 0 Å². The molecule has 0 radical (unpaired) electrons. The number of amides is 1. The smallest absolute Gasteiger partial charge is 0.233 e. The van der Waals surface area contributed by atoms with E-state index in [1.54, 1.807) is 12.1 Å².